The average Bonchev–Trinajstić information content (AvgIpc) is 2.33. The highest BCUT2D eigenvalue weighted by atomic mass is 32.2. The number of amides is 1. The molecule has 1 aromatic heterocycles. The number of aliphatic carboxylic acids is 1. The molecule has 0 saturated carbocycles. The van der Waals surface area contributed by atoms with Gasteiger partial charge in [0.25, 0.3) is 5.56 Å². The van der Waals surface area contributed by atoms with Crippen LogP contribution >= 0.6 is 11.8 Å². The van der Waals surface area contributed by atoms with Crippen LogP contribution in [0.2, 0.25) is 0 Å². The summed E-state index contributed by atoms with van der Waals surface area (Å²) in [5.41, 5.74) is -0.738. The fourth-order valence-corrected chi connectivity index (χ4v) is 2.25. The van der Waals surface area contributed by atoms with Crippen LogP contribution in [0.1, 0.15) is 27.2 Å². The summed E-state index contributed by atoms with van der Waals surface area (Å²) in [7, 11) is 0. The molecule has 0 aliphatic rings. The van der Waals surface area contributed by atoms with E-state index in [1.807, 2.05) is 20.8 Å². The van der Waals surface area contributed by atoms with Gasteiger partial charge >= 0.3 is 5.97 Å². The molecule has 0 aromatic carbocycles. The summed E-state index contributed by atoms with van der Waals surface area (Å²) in [6.45, 7) is 6.00. The van der Waals surface area contributed by atoms with Crippen molar-refractivity contribution in [2.45, 2.75) is 44.4 Å². The number of carbonyl (C=O) groups is 2. The van der Waals surface area contributed by atoms with Crippen LogP contribution in [0.15, 0.2) is 22.2 Å². The lowest BCUT2D eigenvalue weighted by atomic mass is 10.1. The first-order chi connectivity index (χ1) is 9.67. The van der Waals surface area contributed by atoms with Crippen LogP contribution in [-0.2, 0) is 16.1 Å². The molecule has 7 nitrogen and oxygen atoms in total. The summed E-state index contributed by atoms with van der Waals surface area (Å²) in [5.74, 6) is -1.30. The van der Waals surface area contributed by atoms with Gasteiger partial charge in [0.2, 0.25) is 5.91 Å². The lowest BCUT2D eigenvalue weighted by Gasteiger charge is -2.20. The molecule has 0 spiro atoms. The second-order valence-electron chi connectivity index (χ2n) is 5.47. The number of carboxylic acids is 1. The van der Waals surface area contributed by atoms with Crippen molar-refractivity contribution < 1.29 is 14.7 Å². The topological polar surface area (TPSA) is 101 Å². The van der Waals surface area contributed by atoms with E-state index in [1.54, 1.807) is 4.57 Å². The first kappa shape index (κ1) is 17.2. The third-order valence-electron chi connectivity index (χ3n) is 2.27. The summed E-state index contributed by atoms with van der Waals surface area (Å²) in [6, 6.07) is 1.28. The van der Waals surface area contributed by atoms with E-state index in [0.717, 1.165) is 11.8 Å². The van der Waals surface area contributed by atoms with Gasteiger partial charge in [0.15, 0.2) is 5.16 Å². The molecule has 0 unspecified atom stereocenters. The Morgan fingerprint density at radius 2 is 2.10 bits per heavy atom. The molecule has 0 aliphatic heterocycles. The van der Waals surface area contributed by atoms with Crippen LogP contribution in [0.25, 0.3) is 0 Å². The van der Waals surface area contributed by atoms with Gasteiger partial charge in [-0.3, -0.25) is 14.4 Å². The SMILES string of the molecule is CC(C)(C)NC(=O)CCn1ccc(=O)nc1SCC(=O)O. The lowest BCUT2D eigenvalue weighted by molar-refractivity contribution is -0.134. The minimum atomic E-state index is -0.991. The van der Waals surface area contributed by atoms with Crippen molar-refractivity contribution >= 4 is 23.6 Å². The van der Waals surface area contributed by atoms with Gasteiger partial charge in [-0.25, -0.2) is 0 Å². The molecule has 1 aromatic rings. The van der Waals surface area contributed by atoms with Crippen molar-refractivity contribution in [2.75, 3.05) is 5.75 Å². The number of aryl methyl sites for hydroxylation is 1. The number of nitrogens with one attached hydrogen (secondary N) is 1. The van der Waals surface area contributed by atoms with E-state index in [9.17, 15) is 14.4 Å². The Bertz CT molecular complexity index is 578. The minimum Gasteiger partial charge on any atom is -0.481 e. The molecular weight excluding hydrogens is 294 g/mol. The predicted molar refractivity (Wildman–Crippen MR) is 79.4 cm³/mol. The standard InChI is InChI=1S/C13H19N3O4S/c1-13(2,3)15-10(18)5-7-16-6-4-9(17)14-12(16)21-8-11(19)20/h4,6H,5,7-8H2,1-3H3,(H,15,18)(H,19,20). The normalized spacial score (nSPS) is 11.2. The van der Waals surface area contributed by atoms with E-state index >= 15 is 0 Å². The van der Waals surface area contributed by atoms with Gasteiger partial charge in [-0.15, -0.1) is 0 Å². The molecular formula is C13H19N3O4S. The molecule has 0 aliphatic carbocycles. The fraction of sp³-hybridized carbons (Fsp3) is 0.538. The molecule has 8 heteroatoms. The largest absolute Gasteiger partial charge is 0.481 e. The quantitative estimate of drug-likeness (QED) is 0.593. The number of carboxylic acid groups (broad SMARTS) is 1. The van der Waals surface area contributed by atoms with E-state index in [1.165, 1.54) is 12.3 Å². The highest BCUT2D eigenvalue weighted by molar-refractivity contribution is 7.99. The first-order valence-electron chi connectivity index (χ1n) is 6.40. The van der Waals surface area contributed by atoms with Gasteiger partial charge in [-0.05, 0) is 20.8 Å². The van der Waals surface area contributed by atoms with E-state index in [4.69, 9.17) is 5.11 Å². The van der Waals surface area contributed by atoms with Crippen LogP contribution in [0.5, 0.6) is 0 Å². The molecule has 1 rings (SSSR count). The van der Waals surface area contributed by atoms with Gasteiger partial charge in [0.1, 0.15) is 0 Å². The monoisotopic (exact) mass is 313 g/mol. The third kappa shape index (κ3) is 6.94. The Morgan fingerprint density at radius 3 is 2.67 bits per heavy atom. The number of rotatable bonds is 6. The maximum Gasteiger partial charge on any atom is 0.313 e. The Labute approximate surface area is 126 Å². The predicted octanol–water partition coefficient (Wildman–Crippen LogP) is 0.725. The lowest BCUT2D eigenvalue weighted by Crippen LogP contribution is -2.40. The zero-order valence-corrected chi connectivity index (χ0v) is 13.1. The summed E-state index contributed by atoms with van der Waals surface area (Å²) < 4.78 is 1.61. The van der Waals surface area contributed by atoms with E-state index < -0.39 is 11.5 Å². The minimum absolute atomic E-state index is 0.115. The Balaban J connectivity index is 2.71. The maximum atomic E-state index is 11.8. The Morgan fingerprint density at radius 1 is 1.43 bits per heavy atom. The van der Waals surface area contributed by atoms with Crippen molar-refractivity contribution in [1.29, 1.82) is 0 Å². The average molecular weight is 313 g/mol. The first-order valence-corrected chi connectivity index (χ1v) is 7.39. The Kier molecular flexibility index (Phi) is 5.95. The Hall–Kier alpha value is -1.83. The van der Waals surface area contributed by atoms with Crippen LogP contribution in [0.3, 0.4) is 0 Å². The number of hydrogen-bond acceptors (Lipinski definition) is 5. The smallest absolute Gasteiger partial charge is 0.313 e. The molecule has 1 heterocycles. The highest BCUT2D eigenvalue weighted by Gasteiger charge is 2.14. The zero-order valence-electron chi connectivity index (χ0n) is 12.3. The van der Waals surface area contributed by atoms with Gasteiger partial charge in [0, 0.05) is 30.8 Å². The molecule has 116 valence electrons. The van der Waals surface area contributed by atoms with Gasteiger partial charge in [-0.1, -0.05) is 11.8 Å². The number of hydrogen-bond donors (Lipinski definition) is 2. The number of aromatic nitrogens is 2. The van der Waals surface area contributed by atoms with Crippen LogP contribution in [0, 0.1) is 0 Å². The van der Waals surface area contributed by atoms with Crippen molar-refractivity contribution in [2.24, 2.45) is 0 Å². The van der Waals surface area contributed by atoms with Gasteiger partial charge in [-0.2, -0.15) is 4.98 Å². The van der Waals surface area contributed by atoms with Gasteiger partial charge in [0.05, 0.1) is 5.75 Å². The van der Waals surface area contributed by atoms with Gasteiger partial charge < -0.3 is 15.0 Å². The number of thioether (sulfide) groups is 1. The molecule has 0 fully saturated rings. The molecule has 0 radical (unpaired) electrons. The third-order valence-corrected chi connectivity index (χ3v) is 3.24. The zero-order chi connectivity index (χ0) is 16.0. The van der Waals surface area contributed by atoms with Crippen LogP contribution in [-0.4, -0.2) is 37.8 Å². The maximum absolute atomic E-state index is 11.8. The van der Waals surface area contributed by atoms with Crippen molar-refractivity contribution in [1.82, 2.24) is 14.9 Å². The fourth-order valence-electron chi connectivity index (χ4n) is 1.53. The van der Waals surface area contributed by atoms with Crippen molar-refractivity contribution in [3.8, 4) is 0 Å². The number of nitrogens with zero attached hydrogens (tertiary/aromatic N) is 2. The number of carbonyl (C=O) groups excluding carboxylic acids is 1. The highest BCUT2D eigenvalue weighted by Crippen LogP contribution is 2.13. The summed E-state index contributed by atoms with van der Waals surface area (Å²) in [4.78, 5) is 37.4. The van der Waals surface area contributed by atoms with Crippen molar-refractivity contribution in [3.63, 3.8) is 0 Å². The summed E-state index contributed by atoms with van der Waals surface area (Å²) in [5, 5.41) is 11.8. The molecule has 0 bridgehead atoms. The van der Waals surface area contributed by atoms with E-state index in [0.29, 0.717) is 11.7 Å². The molecule has 21 heavy (non-hydrogen) atoms. The molecule has 2 N–H and O–H groups in total. The van der Waals surface area contributed by atoms with E-state index in [2.05, 4.69) is 10.3 Å². The van der Waals surface area contributed by atoms with Crippen LogP contribution in [0.4, 0.5) is 0 Å². The second-order valence-corrected chi connectivity index (χ2v) is 6.41. The molecule has 0 saturated heterocycles. The van der Waals surface area contributed by atoms with Crippen molar-refractivity contribution in [3.05, 3.63) is 22.6 Å². The van der Waals surface area contributed by atoms with E-state index in [-0.39, 0.29) is 23.6 Å². The molecule has 0 atom stereocenters. The summed E-state index contributed by atoms with van der Waals surface area (Å²) >= 11 is 0.955. The summed E-state index contributed by atoms with van der Waals surface area (Å²) in [6.07, 6.45) is 1.74. The second kappa shape index (κ2) is 7.26. The van der Waals surface area contributed by atoms with Crippen LogP contribution < -0.4 is 10.9 Å². The molecule has 1 amide bonds.